The number of nitriles is 1. The second-order valence-corrected chi connectivity index (χ2v) is 14.5. The van der Waals surface area contributed by atoms with Crippen molar-refractivity contribution in [2.75, 3.05) is 27.3 Å². The van der Waals surface area contributed by atoms with E-state index in [2.05, 4.69) is 44.8 Å². The van der Waals surface area contributed by atoms with Crippen LogP contribution in [0.1, 0.15) is 44.7 Å². The Morgan fingerprint density at radius 1 is 1.17 bits per heavy atom. The van der Waals surface area contributed by atoms with Gasteiger partial charge in [0.15, 0.2) is 5.75 Å². The molecule has 1 aliphatic heterocycles. The molecule has 168 valence electrons. The molecule has 0 saturated carbocycles. The number of nitrogens with two attached hydrogens (primary N) is 1. The van der Waals surface area contributed by atoms with Crippen LogP contribution in [0, 0.1) is 18.3 Å². The lowest BCUT2D eigenvalue weighted by Crippen LogP contribution is -2.47. The normalized spacial score (nSPS) is 17.3. The Bertz CT molecular complexity index is 777. The second-order valence-electron chi connectivity index (χ2n) is 9.77. The van der Waals surface area contributed by atoms with Gasteiger partial charge in [0.1, 0.15) is 17.5 Å². The lowest BCUT2D eigenvalue weighted by atomic mass is 9.97. The van der Waals surface area contributed by atoms with Crippen molar-refractivity contribution in [2.24, 2.45) is 5.73 Å². The van der Waals surface area contributed by atoms with Gasteiger partial charge in [0.2, 0.25) is 0 Å². The summed E-state index contributed by atoms with van der Waals surface area (Å²) < 4.78 is 18.1. The Balaban J connectivity index is 2.43. The summed E-state index contributed by atoms with van der Waals surface area (Å²) in [4.78, 5) is 2.20. The maximum Gasteiger partial charge on any atom is 0.250 e. The highest BCUT2D eigenvalue weighted by Crippen LogP contribution is 2.45. The Labute approximate surface area is 183 Å². The minimum Gasteiger partial charge on any atom is -0.541 e. The lowest BCUT2D eigenvalue weighted by molar-refractivity contribution is 0.255. The first kappa shape index (κ1) is 24.5. The Morgan fingerprint density at radius 2 is 1.73 bits per heavy atom. The van der Waals surface area contributed by atoms with Gasteiger partial charge in [0.25, 0.3) is 8.32 Å². The summed E-state index contributed by atoms with van der Waals surface area (Å²) >= 11 is 0. The number of likely N-dealkylation sites (tertiary alicyclic amines) is 1. The predicted octanol–water partition coefficient (Wildman–Crippen LogP) is 4.25. The standard InChI is InChI=1S/C23H39N3O3Si/c1-16-21(27-5)17(13-18(25)19(15-24)26-11-9-10-12-26)14-20(22(16)28-6)29-30(7,8)23(2,3)4/h14,18-19H,9-13,25H2,1-8H3/t18-,19?/m0/s1. The molecular weight excluding hydrogens is 394 g/mol. The van der Waals surface area contributed by atoms with Crippen molar-refractivity contribution >= 4 is 8.32 Å². The molecule has 1 saturated heterocycles. The fourth-order valence-electron chi connectivity index (χ4n) is 3.84. The summed E-state index contributed by atoms with van der Waals surface area (Å²) in [6.07, 6.45) is 2.79. The summed E-state index contributed by atoms with van der Waals surface area (Å²) in [7, 11) is 1.25. The van der Waals surface area contributed by atoms with Crippen molar-refractivity contribution in [3.63, 3.8) is 0 Å². The van der Waals surface area contributed by atoms with Gasteiger partial charge in [-0.3, -0.25) is 4.90 Å². The maximum atomic E-state index is 9.75. The molecule has 30 heavy (non-hydrogen) atoms. The van der Waals surface area contributed by atoms with E-state index in [1.807, 2.05) is 13.0 Å². The molecule has 0 aliphatic carbocycles. The zero-order valence-electron chi connectivity index (χ0n) is 20.0. The number of benzene rings is 1. The number of methoxy groups -OCH3 is 2. The summed E-state index contributed by atoms with van der Waals surface area (Å²) in [6, 6.07) is 3.81. The summed E-state index contributed by atoms with van der Waals surface area (Å²) in [5.74, 6) is 2.19. The molecule has 7 heteroatoms. The molecule has 2 N–H and O–H groups in total. The first-order valence-electron chi connectivity index (χ1n) is 10.8. The van der Waals surface area contributed by atoms with Crippen molar-refractivity contribution in [1.82, 2.24) is 4.90 Å². The molecule has 1 aromatic carbocycles. The highest BCUT2D eigenvalue weighted by molar-refractivity contribution is 6.74. The number of hydrogen-bond donors (Lipinski definition) is 1. The van der Waals surface area contributed by atoms with Crippen LogP contribution in [-0.2, 0) is 6.42 Å². The first-order chi connectivity index (χ1) is 14.0. The molecule has 0 aromatic heterocycles. The highest BCUT2D eigenvalue weighted by Gasteiger charge is 2.40. The quantitative estimate of drug-likeness (QED) is 0.617. The van der Waals surface area contributed by atoms with E-state index in [0.29, 0.717) is 12.2 Å². The number of nitrogens with zero attached hydrogens (tertiary/aromatic N) is 2. The van der Waals surface area contributed by atoms with Crippen molar-refractivity contribution in [3.8, 4) is 23.3 Å². The van der Waals surface area contributed by atoms with Crippen LogP contribution < -0.4 is 19.6 Å². The molecule has 1 fully saturated rings. The fraction of sp³-hybridized carbons (Fsp3) is 0.696. The van der Waals surface area contributed by atoms with Crippen LogP contribution in [0.15, 0.2) is 6.07 Å². The number of ether oxygens (including phenoxy) is 2. The second kappa shape index (κ2) is 9.59. The van der Waals surface area contributed by atoms with Crippen LogP contribution >= 0.6 is 0 Å². The number of hydrogen-bond acceptors (Lipinski definition) is 6. The summed E-state index contributed by atoms with van der Waals surface area (Å²) in [6.45, 7) is 14.9. The Morgan fingerprint density at radius 3 is 2.20 bits per heavy atom. The van der Waals surface area contributed by atoms with Gasteiger partial charge in [0, 0.05) is 11.6 Å². The summed E-state index contributed by atoms with van der Waals surface area (Å²) in [5, 5.41) is 9.81. The van der Waals surface area contributed by atoms with Crippen molar-refractivity contribution in [2.45, 2.75) is 77.2 Å². The molecule has 0 radical (unpaired) electrons. The van der Waals surface area contributed by atoms with E-state index in [-0.39, 0.29) is 17.1 Å². The molecule has 2 atom stereocenters. The van der Waals surface area contributed by atoms with Gasteiger partial charge in [-0.25, -0.2) is 0 Å². The SMILES string of the molecule is COc1c(C[C@H](N)C(C#N)N2CCCC2)cc(O[Si](C)(C)C(C)(C)C)c(OC)c1C. The van der Waals surface area contributed by atoms with Gasteiger partial charge < -0.3 is 19.6 Å². The van der Waals surface area contributed by atoms with E-state index >= 15 is 0 Å². The van der Waals surface area contributed by atoms with Crippen molar-refractivity contribution < 1.29 is 13.9 Å². The minimum atomic E-state index is -2.07. The Hall–Kier alpha value is -1.75. The average Bonchev–Trinajstić information content (AvgIpc) is 3.15. The third-order valence-corrected chi connectivity index (χ3v) is 11.0. The molecule has 1 unspecified atom stereocenters. The van der Waals surface area contributed by atoms with E-state index in [4.69, 9.17) is 19.6 Å². The van der Waals surface area contributed by atoms with Crippen LogP contribution in [0.2, 0.25) is 18.1 Å². The van der Waals surface area contributed by atoms with E-state index in [1.54, 1.807) is 14.2 Å². The van der Waals surface area contributed by atoms with Gasteiger partial charge in [-0.2, -0.15) is 5.26 Å². The zero-order valence-corrected chi connectivity index (χ0v) is 21.0. The third kappa shape index (κ3) is 5.10. The molecule has 0 bridgehead atoms. The first-order valence-corrected chi connectivity index (χ1v) is 13.7. The van der Waals surface area contributed by atoms with Gasteiger partial charge in [-0.05, 0) is 69.0 Å². The molecule has 1 aromatic rings. The maximum absolute atomic E-state index is 9.75. The third-order valence-electron chi connectivity index (χ3n) is 6.61. The lowest BCUT2D eigenvalue weighted by Gasteiger charge is -2.37. The smallest absolute Gasteiger partial charge is 0.250 e. The van der Waals surface area contributed by atoms with Crippen LogP contribution in [0.5, 0.6) is 17.2 Å². The molecular formula is C23H39N3O3Si. The minimum absolute atomic E-state index is 0.0596. The molecule has 0 amide bonds. The van der Waals surface area contributed by atoms with E-state index < -0.39 is 8.32 Å². The summed E-state index contributed by atoms with van der Waals surface area (Å²) in [5.41, 5.74) is 8.40. The zero-order chi connectivity index (χ0) is 22.7. The average molecular weight is 434 g/mol. The van der Waals surface area contributed by atoms with Gasteiger partial charge >= 0.3 is 0 Å². The van der Waals surface area contributed by atoms with Crippen LogP contribution in [0.25, 0.3) is 0 Å². The molecule has 2 rings (SSSR count). The van der Waals surface area contributed by atoms with Gasteiger partial charge in [-0.15, -0.1) is 0 Å². The van der Waals surface area contributed by atoms with Crippen LogP contribution in [0.3, 0.4) is 0 Å². The molecule has 0 spiro atoms. The van der Waals surface area contributed by atoms with E-state index in [1.165, 1.54) is 0 Å². The molecule has 6 nitrogen and oxygen atoms in total. The largest absolute Gasteiger partial charge is 0.541 e. The fourth-order valence-corrected chi connectivity index (χ4v) is 4.85. The predicted molar refractivity (Wildman–Crippen MR) is 124 cm³/mol. The van der Waals surface area contributed by atoms with Gasteiger partial charge in [-0.1, -0.05) is 20.8 Å². The van der Waals surface area contributed by atoms with Crippen molar-refractivity contribution in [3.05, 3.63) is 17.2 Å². The van der Waals surface area contributed by atoms with Crippen LogP contribution in [-0.4, -0.2) is 52.6 Å². The Kier molecular flexibility index (Phi) is 7.83. The van der Waals surface area contributed by atoms with Gasteiger partial charge in [0.05, 0.1) is 20.3 Å². The number of rotatable bonds is 8. The van der Waals surface area contributed by atoms with Crippen LogP contribution in [0.4, 0.5) is 0 Å². The molecule has 1 aliphatic rings. The topological polar surface area (TPSA) is 80.7 Å². The van der Waals surface area contributed by atoms with E-state index in [0.717, 1.165) is 48.6 Å². The van der Waals surface area contributed by atoms with Crippen molar-refractivity contribution in [1.29, 1.82) is 5.26 Å². The molecule has 1 heterocycles. The highest BCUT2D eigenvalue weighted by atomic mass is 28.4. The van der Waals surface area contributed by atoms with E-state index in [9.17, 15) is 5.26 Å². The monoisotopic (exact) mass is 433 g/mol.